The van der Waals surface area contributed by atoms with E-state index in [0.29, 0.717) is 18.0 Å². The van der Waals surface area contributed by atoms with Gasteiger partial charge in [0.15, 0.2) is 0 Å². The topological polar surface area (TPSA) is 65.4 Å². The summed E-state index contributed by atoms with van der Waals surface area (Å²) in [6.45, 7) is 4.55. The standard InChI is InChI=1S/C23H25N3O2/c1-2-28-22-9-5-4-8-21(22)25-23(27)19(17-24)16-18-10-12-20(13-11-18)26-14-6-3-7-15-26/h4-5,8-13,16H,2-3,6-7,14-15H2,1H3,(H,25,27)/b19-16+. The minimum absolute atomic E-state index is 0.0528. The van der Waals surface area contributed by atoms with Crippen molar-refractivity contribution in [1.29, 1.82) is 5.26 Å². The molecule has 1 aliphatic rings. The second-order valence-corrected chi connectivity index (χ2v) is 6.69. The Morgan fingerprint density at radius 1 is 1.14 bits per heavy atom. The second kappa shape index (κ2) is 9.61. The van der Waals surface area contributed by atoms with Crippen LogP contribution in [0.4, 0.5) is 11.4 Å². The molecule has 1 N–H and O–H groups in total. The van der Waals surface area contributed by atoms with Gasteiger partial charge in [-0.3, -0.25) is 4.79 Å². The van der Waals surface area contributed by atoms with Crippen molar-refractivity contribution in [2.24, 2.45) is 0 Å². The van der Waals surface area contributed by atoms with Crippen LogP contribution < -0.4 is 15.0 Å². The molecule has 0 unspecified atom stereocenters. The van der Waals surface area contributed by atoms with E-state index in [2.05, 4.69) is 22.3 Å². The maximum Gasteiger partial charge on any atom is 0.266 e. The fraction of sp³-hybridized carbons (Fsp3) is 0.304. The first-order valence-electron chi connectivity index (χ1n) is 9.71. The van der Waals surface area contributed by atoms with Gasteiger partial charge in [-0.2, -0.15) is 5.26 Å². The zero-order chi connectivity index (χ0) is 19.8. The van der Waals surface area contributed by atoms with E-state index in [1.54, 1.807) is 18.2 Å². The Morgan fingerprint density at radius 2 is 1.86 bits per heavy atom. The zero-order valence-corrected chi connectivity index (χ0v) is 16.1. The number of anilines is 2. The van der Waals surface area contributed by atoms with Crippen molar-refractivity contribution in [3.05, 3.63) is 59.7 Å². The van der Waals surface area contributed by atoms with Crippen LogP contribution in [-0.2, 0) is 4.79 Å². The van der Waals surface area contributed by atoms with Gasteiger partial charge in [0.05, 0.1) is 12.3 Å². The highest BCUT2D eigenvalue weighted by molar-refractivity contribution is 6.10. The molecule has 1 saturated heterocycles. The van der Waals surface area contributed by atoms with E-state index >= 15 is 0 Å². The number of piperidine rings is 1. The Hall–Kier alpha value is -3.26. The summed E-state index contributed by atoms with van der Waals surface area (Å²) >= 11 is 0. The lowest BCUT2D eigenvalue weighted by Crippen LogP contribution is -2.29. The van der Waals surface area contributed by atoms with Gasteiger partial charge in [-0.25, -0.2) is 0 Å². The van der Waals surface area contributed by atoms with Gasteiger partial charge >= 0.3 is 0 Å². The fourth-order valence-corrected chi connectivity index (χ4v) is 3.29. The molecule has 144 valence electrons. The van der Waals surface area contributed by atoms with E-state index in [4.69, 9.17) is 4.74 Å². The lowest BCUT2D eigenvalue weighted by atomic mass is 10.1. The third-order valence-electron chi connectivity index (χ3n) is 4.73. The highest BCUT2D eigenvalue weighted by Crippen LogP contribution is 2.25. The van der Waals surface area contributed by atoms with Crippen LogP contribution in [0.25, 0.3) is 6.08 Å². The molecule has 5 nitrogen and oxygen atoms in total. The molecular formula is C23H25N3O2. The van der Waals surface area contributed by atoms with Crippen molar-refractivity contribution in [3.63, 3.8) is 0 Å². The molecule has 0 spiro atoms. The largest absolute Gasteiger partial charge is 0.492 e. The number of ether oxygens (including phenoxy) is 1. The maximum absolute atomic E-state index is 12.6. The number of amides is 1. The van der Waals surface area contributed by atoms with Crippen LogP contribution in [0.15, 0.2) is 54.1 Å². The fourth-order valence-electron chi connectivity index (χ4n) is 3.29. The molecule has 3 rings (SSSR count). The molecule has 2 aromatic carbocycles. The van der Waals surface area contributed by atoms with Gasteiger partial charge in [-0.1, -0.05) is 24.3 Å². The van der Waals surface area contributed by atoms with E-state index in [9.17, 15) is 10.1 Å². The molecule has 2 aromatic rings. The molecular weight excluding hydrogens is 350 g/mol. The number of rotatable bonds is 6. The molecule has 0 saturated carbocycles. The highest BCUT2D eigenvalue weighted by atomic mass is 16.5. The van der Waals surface area contributed by atoms with Crippen LogP contribution >= 0.6 is 0 Å². The summed E-state index contributed by atoms with van der Waals surface area (Å²) in [5.74, 6) is 0.135. The molecule has 0 aromatic heterocycles. The van der Waals surface area contributed by atoms with Crippen molar-refractivity contribution >= 4 is 23.4 Å². The monoisotopic (exact) mass is 375 g/mol. The number of benzene rings is 2. The predicted octanol–water partition coefficient (Wildman–Crippen LogP) is 4.62. The van der Waals surface area contributed by atoms with Crippen molar-refractivity contribution in [2.75, 3.05) is 29.9 Å². The number of para-hydroxylation sites is 2. The second-order valence-electron chi connectivity index (χ2n) is 6.69. The van der Waals surface area contributed by atoms with Crippen molar-refractivity contribution < 1.29 is 9.53 Å². The normalized spacial score (nSPS) is 14.3. The molecule has 5 heteroatoms. The Bertz CT molecular complexity index is 875. The lowest BCUT2D eigenvalue weighted by Gasteiger charge is -2.28. The zero-order valence-electron chi connectivity index (χ0n) is 16.1. The molecule has 0 aliphatic carbocycles. The maximum atomic E-state index is 12.6. The van der Waals surface area contributed by atoms with Crippen LogP contribution in [0, 0.1) is 11.3 Å². The molecule has 0 bridgehead atoms. The van der Waals surface area contributed by atoms with E-state index in [1.807, 2.05) is 37.3 Å². The average molecular weight is 375 g/mol. The first-order valence-corrected chi connectivity index (χ1v) is 9.71. The van der Waals surface area contributed by atoms with E-state index < -0.39 is 5.91 Å². The first-order chi connectivity index (χ1) is 13.7. The highest BCUT2D eigenvalue weighted by Gasteiger charge is 2.13. The van der Waals surface area contributed by atoms with Gasteiger partial charge in [0.25, 0.3) is 5.91 Å². The quantitative estimate of drug-likeness (QED) is 0.591. The van der Waals surface area contributed by atoms with Crippen molar-refractivity contribution in [2.45, 2.75) is 26.2 Å². The minimum atomic E-state index is -0.449. The molecule has 1 fully saturated rings. The predicted molar refractivity (Wildman–Crippen MR) is 112 cm³/mol. The summed E-state index contributed by atoms with van der Waals surface area (Å²) in [6.07, 6.45) is 5.36. The summed E-state index contributed by atoms with van der Waals surface area (Å²) in [7, 11) is 0. The van der Waals surface area contributed by atoms with E-state index in [0.717, 1.165) is 18.7 Å². The third kappa shape index (κ3) is 4.92. The summed E-state index contributed by atoms with van der Waals surface area (Å²) in [4.78, 5) is 14.9. The molecule has 1 aliphatic heterocycles. The first kappa shape index (κ1) is 19.5. The van der Waals surface area contributed by atoms with Crippen molar-refractivity contribution in [1.82, 2.24) is 0 Å². The number of carbonyl (C=O) groups is 1. The number of nitrogens with zero attached hydrogens (tertiary/aromatic N) is 2. The van der Waals surface area contributed by atoms with Gasteiger partial charge in [0, 0.05) is 18.8 Å². The van der Waals surface area contributed by atoms with Gasteiger partial charge in [0.2, 0.25) is 0 Å². The van der Waals surface area contributed by atoms with Crippen LogP contribution in [0.1, 0.15) is 31.7 Å². The van der Waals surface area contributed by atoms with Crippen LogP contribution in [0.2, 0.25) is 0 Å². The molecule has 1 heterocycles. The van der Waals surface area contributed by atoms with E-state index in [1.165, 1.54) is 24.9 Å². The van der Waals surface area contributed by atoms with Gasteiger partial charge in [0.1, 0.15) is 17.4 Å². The number of hydrogen-bond donors (Lipinski definition) is 1. The van der Waals surface area contributed by atoms with Gasteiger partial charge < -0.3 is 15.0 Å². The SMILES string of the molecule is CCOc1ccccc1NC(=O)/C(C#N)=C/c1ccc(N2CCCCC2)cc1. The lowest BCUT2D eigenvalue weighted by molar-refractivity contribution is -0.112. The summed E-state index contributed by atoms with van der Waals surface area (Å²) in [5, 5.41) is 12.2. The third-order valence-corrected chi connectivity index (χ3v) is 4.73. The molecule has 28 heavy (non-hydrogen) atoms. The summed E-state index contributed by atoms with van der Waals surface area (Å²) < 4.78 is 5.52. The average Bonchev–Trinajstić information content (AvgIpc) is 2.74. The summed E-state index contributed by atoms with van der Waals surface area (Å²) in [5.41, 5.74) is 2.61. The number of hydrogen-bond acceptors (Lipinski definition) is 4. The molecule has 0 radical (unpaired) electrons. The minimum Gasteiger partial charge on any atom is -0.492 e. The van der Waals surface area contributed by atoms with E-state index in [-0.39, 0.29) is 5.57 Å². The molecule has 0 atom stereocenters. The number of nitriles is 1. The number of nitrogens with one attached hydrogen (secondary N) is 1. The van der Waals surface area contributed by atoms with Gasteiger partial charge in [-0.05, 0) is 62.1 Å². The Kier molecular flexibility index (Phi) is 6.69. The smallest absolute Gasteiger partial charge is 0.266 e. The van der Waals surface area contributed by atoms with Crippen molar-refractivity contribution in [3.8, 4) is 11.8 Å². The Morgan fingerprint density at radius 3 is 2.54 bits per heavy atom. The van der Waals surface area contributed by atoms with Crippen LogP contribution in [0.5, 0.6) is 5.75 Å². The Balaban J connectivity index is 1.72. The number of carbonyl (C=O) groups excluding carboxylic acids is 1. The van der Waals surface area contributed by atoms with Gasteiger partial charge in [-0.15, -0.1) is 0 Å². The summed E-state index contributed by atoms with van der Waals surface area (Å²) in [6, 6.07) is 17.2. The van der Waals surface area contributed by atoms with Crippen LogP contribution in [-0.4, -0.2) is 25.6 Å². The molecule has 1 amide bonds. The Labute approximate surface area is 166 Å². The van der Waals surface area contributed by atoms with Crippen LogP contribution in [0.3, 0.4) is 0 Å².